The number of nitrogens with one attached hydrogen (secondary N) is 1. The van der Waals surface area contributed by atoms with Crippen molar-refractivity contribution in [2.45, 2.75) is 6.04 Å². The zero-order chi connectivity index (χ0) is 12.1. The van der Waals surface area contributed by atoms with E-state index in [0.29, 0.717) is 11.3 Å². The van der Waals surface area contributed by atoms with E-state index in [1.807, 2.05) is 0 Å². The second kappa shape index (κ2) is 5.48. The summed E-state index contributed by atoms with van der Waals surface area (Å²) in [5, 5.41) is 8.98. The molecular weight excluding hydrogens is 208 g/mol. The van der Waals surface area contributed by atoms with E-state index in [1.165, 1.54) is 7.11 Å². The Labute approximate surface area is 94.6 Å². The quantitative estimate of drug-likeness (QED) is 0.595. The fourth-order valence-corrected chi connectivity index (χ4v) is 1.56. The number of rotatable bonds is 4. The average Bonchev–Trinajstić information content (AvgIpc) is 2.29. The van der Waals surface area contributed by atoms with Gasteiger partial charge in [0.2, 0.25) is 0 Å². The summed E-state index contributed by atoms with van der Waals surface area (Å²) in [5.74, 6) is -0.368. The van der Waals surface area contributed by atoms with E-state index in [0.717, 1.165) is 0 Å². The van der Waals surface area contributed by atoms with Crippen molar-refractivity contribution >= 4 is 11.7 Å². The molecule has 0 aromatic heterocycles. The van der Waals surface area contributed by atoms with E-state index in [9.17, 15) is 4.79 Å². The summed E-state index contributed by atoms with van der Waals surface area (Å²) >= 11 is 0. The SMILES string of the molecule is COC(=O)[C@H](c1ccccc1NO)N(C)C. The third kappa shape index (κ3) is 2.50. The Hall–Kier alpha value is -1.59. The highest BCUT2D eigenvalue weighted by Crippen LogP contribution is 2.26. The van der Waals surface area contributed by atoms with Crippen molar-refractivity contribution in [1.29, 1.82) is 0 Å². The number of ether oxygens (including phenoxy) is 1. The summed E-state index contributed by atoms with van der Waals surface area (Å²) < 4.78 is 4.74. The number of nitrogens with zero attached hydrogens (tertiary/aromatic N) is 1. The van der Waals surface area contributed by atoms with Crippen LogP contribution in [0.2, 0.25) is 0 Å². The molecule has 1 aromatic rings. The van der Waals surface area contributed by atoms with E-state index in [-0.39, 0.29) is 5.97 Å². The van der Waals surface area contributed by atoms with Crippen LogP contribution in [-0.4, -0.2) is 37.3 Å². The number of para-hydroxylation sites is 1. The first-order chi connectivity index (χ1) is 7.61. The van der Waals surface area contributed by atoms with Gasteiger partial charge in [0.15, 0.2) is 0 Å². The van der Waals surface area contributed by atoms with Crippen molar-refractivity contribution < 1.29 is 14.7 Å². The molecule has 0 radical (unpaired) electrons. The van der Waals surface area contributed by atoms with Crippen LogP contribution in [0.1, 0.15) is 11.6 Å². The molecule has 0 aliphatic carbocycles. The Balaban J connectivity index is 3.15. The molecule has 0 saturated carbocycles. The molecule has 0 heterocycles. The van der Waals surface area contributed by atoms with Crippen LogP contribution in [0.5, 0.6) is 0 Å². The van der Waals surface area contributed by atoms with Crippen LogP contribution >= 0.6 is 0 Å². The van der Waals surface area contributed by atoms with E-state index in [4.69, 9.17) is 9.94 Å². The van der Waals surface area contributed by atoms with E-state index in [2.05, 4.69) is 5.48 Å². The topological polar surface area (TPSA) is 61.8 Å². The van der Waals surface area contributed by atoms with Gasteiger partial charge < -0.3 is 4.74 Å². The second-order valence-electron chi connectivity index (χ2n) is 3.59. The molecule has 1 rings (SSSR count). The minimum absolute atomic E-state index is 0.368. The molecule has 5 heteroatoms. The lowest BCUT2D eigenvalue weighted by molar-refractivity contribution is -0.146. The molecule has 2 N–H and O–H groups in total. The van der Waals surface area contributed by atoms with E-state index in [1.54, 1.807) is 43.3 Å². The molecule has 0 unspecified atom stereocenters. The van der Waals surface area contributed by atoms with Crippen LogP contribution in [0.4, 0.5) is 5.69 Å². The van der Waals surface area contributed by atoms with Crippen molar-refractivity contribution in [2.24, 2.45) is 0 Å². The number of methoxy groups -OCH3 is 1. The van der Waals surface area contributed by atoms with Crippen LogP contribution in [0.25, 0.3) is 0 Å². The first kappa shape index (κ1) is 12.5. The first-order valence-corrected chi connectivity index (χ1v) is 4.85. The Kier molecular flexibility index (Phi) is 4.28. The number of esters is 1. The van der Waals surface area contributed by atoms with Crippen molar-refractivity contribution in [3.8, 4) is 0 Å². The predicted molar refractivity (Wildman–Crippen MR) is 60.3 cm³/mol. The first-order valence-electron chi connectivity index (χ1n) is 4.85. The van der Waals surface area contributed by atoms with Gasteiger partial charge in [-0.05, 0) is 20.2 Å². The Morgan fingerprint density at radius 1 is 1.44 bits per heavy atom. The van der Waals surface area contributed by atoms with Gasteiger partial charge in [-0.25, -0.2) is 4.79 Å². The van der Waals surface area contributed by atoms with Crippen molar-refractivity contribution in [3.05, 3.63) is 29.8 Å². The fourth-order valence-electron chi connectivity index (χ4n) is 1.56. The van der Waals surface area contributed by atoms with E-state index < -0.39 is 6.04 Å². The maximum absolute atomic E-state index is 11.6. The van der Waals surface area contributed by atoms with Gasteiger partial charge in [-0.2, -0.15) is 0 Å². The third-order valence-electron chi connectivity index (χ3n) is 2.32. The largest absolute Gasteiger partial charge is 0.468 e. The lowest BCUT2D eigenvalue weighted by Gasteiger charge is -2.23. The molecule has 0 fully saturated rings. The summed E-state index contributed by atoms with van der Waals surface area (Å²) in [6, 6.07) is 6.48. The highest BCUT2D eigenvalue weighted by Gasteiger charge is 2.25. The monoisotopic (exact) mass is 224 g/mol. The van der Waals surface area contributed by atoms with E-state index >= 15 is 0 Å². The molecule has 0 aliphatic heterocycles. The standard InChI is InChI=1S/C11H16N2O3/c1-13(2)10(11(14)16-3)8-6-4-5-7-9(8)12-15/h4-7,10,12,15H,1-3H3/t10-/m0/s1. The summed E-state index contributed by atoms with van der Waals surface area (Å²) in [4.78, 5) is 13.4. The Morgan fingerprint density at radius 3 is 2.56 bits per heavy atom. The molecule has 16 heavy (non-hydrogen) atoms. The summed E-state index contributed by atoms with van der Waals surface area (Å²) in [6.07, 6.45) is 0. The van der Waals surface area contributed by atoms with Crippen LogP contribution in [0, 0.1) is 0 Å². The van der Waals surface area contributed by atoms with Gasteiger partial charge in [0.1, 0.15) is 6.04 Å². The number of hydrogen-bond acceptors (Lipinski definition) is 5. The molecule has 1 atom stereocenters. The van der Waals surface area contributed by atoms with Gasteiger partial charge in [0.05, 0.1) is 12.8 Å². The Bertz CT molecular complexity index is 366. The number of likely N-dealkylation sites (N-methyl/N-ethyl adjacent to an activating group) is 1. The molecule has 0 saturated heterocycles. The zero-order valence-corrected chi connectivity index (χ0v) is 9.60. The summed E-state index contributed by atoms with van der Waals surface area (Å²) in [7, 11) is 4.89. The summed E-state index contributed by atoms with van der Waals surface area (Å²) in [6.45, 7) is 0. The second-order valence-corrected chi connectivity index (χ2v) is 3.59. The van der Waals surface area contributed by atoms with Crippen LogP contribution in [0.3, 0.4) is 0 Å². The van der Waals surface area contributed by atoms with Crippen LogP contribution in [0.15, 0.2) is 24.3 Å². The molecule has 1 aromatic carbocycles. The highest BCUT2D eigenvalue weighted by molar-refractivity contribution is 5.80. The smallest absolute Gasteiger partial charge is 0.327 e. The predicted octanol–water partition coefficient (Wildman–Crippen LogP) is 1.26. The van der Waals surface area contributed by atoms with Crippen molar-refractivity contribution in [2.75, 3.05) is 26.7 Å². The van der Waals surface area contributed by atoms with Gasteiger partial charge in [-0.1, -0.05) is 18.2 Å². The third-order valence-corrected chi connectivity index (χ3v) is 2.32. The maximum atomic E-state index is 11.6. The highest BCUT2D eigenvalue weighted by atomic mass is 16.5. The van der Waals surface area contributed by atoms with Crippen LogP contribution in [-0.2, 0) is 9.53 Å². The van der Waals surface area contributed by atoms with Gasteiger partial charge in [-0.3, -0.25) is 15.6 Å². The normalized spacial score (nSPS) is 12.3. The number of carbonyl (C=O) groups is 1. The molecule has 0 amide bonds. The van der Waals surface area contributed by atoms with Gasteiger partial charge in [0, 0.05) is 5.56 Å². The fraction of sp³-hybridized carbons (Fsp3) is 0.364. The number of hydrogen-bond donors (Lipinski definition) is 2. The number of anilines is 1. The minimum atomic E-state index is -0.541. The molecular formula is C11H16N2O3. The molecule has 0 aliphatic rings. The maximum Gasteiger partial charge on any atom is 0.327 e. The van der Waals surface area contributed by atoms with Gasteiger partial charge in [-0.15, -0.1) is 0 Å². The lowest BCUT2D eigenvalue weighted by Crippen LogP contribution is -2.29. The average molecular weight is 224 g/mol. The van der Waals surface area contributed by atoms with Gasteiger partial charge >= 0.3 is 5.97 Å². The molecule has 5 nitrogen and oxygen atoms in total. The minimum Gasteiger partial charge on any atom is -0.468 e. The molecule has 0 spiro atoms. The van der Waals surface area contributed by atoms with Crippen molar-refractivity contribution in [3.63, 3.8) is 0 Å². The Morgan fingerprint density at radius 2 is 2.06 bits per heavy atom. The zero-order valence-electron chi connectivity index (χ0n) is 9.60. The molecule has 0 bridgehead atoms. The van der Waals surface area contributed by atoms with Gasteiger partial charge in [0.25, 0.3) is 0 Å². The molecule has 88 valence electrons. The number of benzene rings is 1. The summed E-state index contributed by atoms with van der Waals surface area (Å²) in [5.41, 5.74) is 3.24. The van der Waals surface area contributed by atoms with Crippen LogP contribution < -0.4 is 5.48 Å². The lowest BCUT2D eigenvalue weighted by atomic mass is 10.0. The van der Waals surface area contributed by atoms with Crippen molar-refractivity contribution in [1.82, 2.24) is 4.90 Å². The number of carbonyl (C=O) groups excluding carboxylic acids is 1.